The van der Waals surface area contributed by atoms with Crippen molar-refractivity contribution in [3.8, 4) is 0 Å². The van der Waals surface area contributed by atoms with Crippen LogP contribution >= 0.6 is 0 Å². The van der Waals surface area contributed by atoms with Crippen molar-refractivity contribution < 1.29 is 29.4 Å². The Morgan fingerprint density at radius 2 is 1.92 bits per heavy atom. The fraction of sp³-hybridized carbons (Fsp3) is 0.833. The summed E-state index contributed by atoms with van der Waals surface area (Å²) >= 11 is 0. The predicted octanol–water partition coefficient (Wildman–Crippen LogP) is 1.99. The summed E-state index contributed by atoms with van der Waals surface area (Å²) in [6.45, 7) is 4.14. The number of nitro groups is 1. The first-order chi connectivity index (χ1) is 12.1. The average Bonchev–Trinajstić information content (AvgIpc) is 2.55. The highest BCUT2D eigenvalue weighted by Gasteiger charge is 2.27. The van der Waals surface area contributed by atoms with Gasteiger partial charge in [0, 0.05) is 16.9 Å². The van der Waals surface area contributed by atoms with Crippen molar-refractivity contribution in [3.05, 3.63) is 21.8 Å². The molecule has 1 aliphatic carbocycles. The van der Waals surface area contributed by atoms with E-state index in [1.807, 2.05) is 0 Å². The number of nitrogens with zero attached hydrogens (tertiary/aromatic N) is 1. The van der Waals surface area contributed by atoms with Crippen LogP contribution in [0.4, 0.5) is 0 Å². The molecule has 1 fully saturated rings. The van der Waals surface area contributed by atoms with Gasteiger partial charge in [0.05, 0.1) is 12.7 Å². The van der Waals surface area contributed by atoms with Crippen molar-refractivity contribution in [2.75, 3.05) is 13.2 Å². The number of ether oxygens (including phenoxy) is 2. The maximum absolute atomic E-state index is 12.4. The Kier molecular flexibility index (Phi) is 9.18. The number of rotatable bonds is 9. The van der Waals surface area contributed by atoms with Crippen LogP contribution in [-0.4, -0.2) is 58.2 Å². The Morgan fingerprint density at radius 3 is 2.42 bits per heavy atom. The molecule has 1 aliphatic rings. The lowest BCUT2D eigenvalue weighted by Gasteiger charge is -2.29. The van der Waals surface area contributed by atoms with Gasteiger partial charge in [0.25, 0.3) is 0 Å². The molecule has 0 saturated heterocycles. The quantitative estimate of drug-likeness (QED) is 0.274. The molecule has 2 unspecified atom stereocenters. The molecule has 8 heteroatoms. The van der Waals surface area contributed by atoms with Gasteiger partial charge in [0.15, 0.2) is 0 Å². The van der Waals surface area contributed by atoms with Crippen molar-refractivity contribution in [1.82, 2.24) is 0 Å². The van der Waals surface area contributed by atoms with E-state index in [-0.39, 0.29) is 18.1 Å². The Bertz CT molecular complexity index is 492. The van der Waals surface area contributed by atoms with Crippen LogP contribution < -0.4 is 0 Å². The minimum Gasteiger partial charge on any atom is -0.457 e. The summed E-state index contributed by atoms with van der Waals surface area (Å²) in [5.41, 5.74) is -0.676. The number of hydrogen-bond donors (Lipinski definition) is 2. The van der Waals surface area contributed by atoms with Gasteiger partial charge >= 0.3 is 5.97 Å². The summed E-state index contributed by atoms with van der Waals surface area (Å²) in [4.78, 5) is 22.6. The van der Waals surface area contributed by atoms with E-state index in [1.54, 1.807) is 20.8 Å². The highest BCUT2D eigenvalue weighted by atomic mass is 16.6. The van der Waals surface area contributed by atoms with Gasteiger partial charge in [-0.3, -0.25) is 10.1 Å². The molecule has 0 aromatic carbocycles. The predicted molar refractivity (Wildman–Crippen MR) is 95.2 cm³/mol. The zero-order chi connectivity index (χ0) is 19.7. The smallest absolute Gasteiger partial charge is 0.334 e. The summed E-state index contributed by atoms with van der Waals surface area (Å²) in [7, 11) is 0. The Hall–Kier alpha value is -1.51. The van der Waals surface area contributed by atoms with Crippen LogP contribution in [0.15, 0.2) is 11.6 Å². The number of carbonyl (C=O) groups is 1. The lowest BCUT2D eigenvalue weighted by Crippen LogP contribution is -2.36. The summed E-state index contributed by atoms with van der Waals surface area (Å²) < 4.78 is 11.2. The normalized spacial score (nSPS) is 19.0. The Morgan fingerprint density at radius 1 is 1.31 bits per heavy atom. The number of carbonyl (C=O) groups excluding carboxylic acids is 1. The molecule has 150 valence electrons. The molecule has 0 radical (unpaired) electrons. The van der Waals surface area contributed by atoms with Crippen LogP contribution in [0.2, 0.25) is 0 Å². The second-order valence-electron chi connectivity index (χ2n) is 7.61. The lowest BCUT2D eigenvalue weighted by molar-refractivity contribution is -0.479. The maximum Gasteiger partial charge on any atom is 0.334 e. The molecule has 2 atom stereocenters. The van der Waals surface area contributed by atoms with Crippen LogP contribution in [0.5, 0.6) is 0 Å². The zero-order valence-corrected chi connectivity index (χ0v) is 15.8. The first-order valence-corrected chi connectivity index (χ1v) is 9.12. The van der Waals surface area contributed by atoms with E-state index < -0.39 is 41.9 Å². The summed E-state index contributed by atoms with van der Waals surface area (Å²) in [5.74, 6) is -0.679. The third-order valence-corrected chi connectivity index (χ3v) is 4.06. The van der Waals surface area contributed by atoms with Gasteiger partial charge in [-0.2, -0.15) is 0 Å². The fourth-order valence-corrected chi connectivity index (χ4v) is 2.78. The number of aliphatic hydroxyl groups excluding tert-OH is 2. The van der Waals surface area contributed by atoms with Gasteiger partial charge < -0.3 is 19.7 Å². The highest BCUT2D eigenvalue weighted by molar-refractivity contribution is 5.88. The second-order valence-corrected chi connectivity index (χ2v) is 7.61. The SMILES string of the molecule is CC(C)(C)OC(=O)/C(=C/C(OC1CCCCC1)C(O)CO)CC[N+](=O)[O-]. The van der Waals surface area contributed by atoms with Gasteiger partial charge in [0.1, 0.15) is 17.8 Å². The number of esters is 1. The molecule has 0 aromatic rings. The first-order valence-electron chi connectivity index (χ1n) is 9.12. The molecule has 1 saturated carbocycles. The third kappa shape index (κ3) is 8.73. The molecule has 26 heavy (non-hydrogen) atoms. The van der Waals surface area contributed by atoms with Crippen LogP contribution in [0.25, 0.3) is 0 Å². The monoisotopic (exact) mass is 373 g/mol. The summed E-state index contributed by atoms with van der Waals surface area (Å²) in [6.07, 6.45) is 3.90. The fourth-order valence-electron chi connectivity index (χ4n) is 2.78. The molecular weight excluding hydrogens is 342 g/mol. The van der Waals surface area contributed by atoms with Crippen LogP contribution in [0.1, 0.15) is 59.3 Å². The summed E-state index contributed by atoms with van der Waals surface area (Å²) in [5, 5.41) is 30.1. The van der Waals surface area contributed by atoms with Crippen LogP contribution in [-0.2, 0) is 14.3 Å². The molecule has 0 aromatic heterocycles. The number of hydrogen-bond acceptors (Lipinski definition) is 7. The summed E-state index contributed by atoms with van der Waals surface area (Å²) in [6, 6.07) is 0. The standard InChI is InChI=1S/C18H31NO7/c1-18(2,3)26-17(22)13(9-10-19(23)24)11-16(15(21)12-20)25-14-7-5-4-6-8-14/h11,14-16,20-21H,4-10,12H2,1-3H3/b13-11+. The van der Waals surface area contributed by atoms with E-state index >= 15 is 0 Å². The van der Waals surface area contributed by atoms with E-state index in [2.05, 4.69) is 0 Å². The van der Waals surface area contributed by atoms with Crippen molar-refractivity contribution in [1.29, 1.82) is 0 Å². The van der Waals surface area contributed by atoms with E-state index in [0.717, 1.165) is 32.1 Å². The lowest BCUT2D eigenvalue weighted by atomic mass is 9.97. The van der Waals surface area contributed by atoms with Gasteiger partial charge in [-0.1, -0.05) is 19.3 Å². The molecule has 2 N–H and O–H groups in total. The minimum absolute atomic E-state index is 0.0680. The van der Waals surface area contributed by atoms with Crippen molar-refractivity contribution in [2.24, 2.45) is 0 Å². The highest BCUT2D eigenvalue weighted by Crippen LogP contribution is 2.24. The third-order valence-electron chi connectivity index (χ3n) is 4.06. The largest absolute Gasteiger partial charge is 0.457 e. The van der Waals surface area contributed by atoms with E-state index in [1.165, 1.54) is 6.08 Å². The minimum atomic E-state index is -1.22. The van der Waals surface area contributed by atoms with Crippen molar-refractivity contribution in [3.63, 3.8) is 0 Å². The Balaban J connectivity index is 2.98. The van der Waals surface area contributed by atoms with Crippen LogP contribution in [0.3, 0.4) is 0 Å². The first kappa shape index (κ1) is 22.5. The van der Waals surface area contributed by atoms with E-state index in [4.69, 9.17) is 9.47 Å². The van der Waals surface area contributed by atoms with Crippen LogP contribution in [0, 0.1) is 10.1 Å². The second kappa shape index (κ2) is 10.6. The van der Waals surface area contributed by atoms with Gasteiger partial charge in [0.2, 0.25) is 6.54 Å². The zero-order valence-electron chi connectivity index (χ0n) is 15.8. The van der Waals surface area contributed by atoms with Gasteiger partial charge in [-0.15, -0.1) is 0 Å². The van der Waals surface area contributed by atoms with Crippen molar-refractivity contribution >= 4 is 5.97 Å². The topological polar surface area (TPSA) is 119 Å². The molecular formula is C18H31NO7. The molecule has 8 nitrogen and oxygen atoms in total. The van der Waals surface area contributed by atoms with E-state index in [9.17, 15) is 25.1 Å². The maximum atomic E-state index is 12.4. The molecule has 0 bridgehead atoms. The molecule has 1 rings (SSSR count). The van der Waals surface area contributed by atoms with Crippen molar-refractivity contribution in [2.45, 2.75) is 83.2 Å². The van der Waals surface area contributed by atoms with Gasteiger partial charge in [-0.25, -0.2) is 4.79 Å². The average molecular weight is 373 g/mol. The Labute approximate surface area is 154 Å². The molecule has 0 heterocycles. The number of aliphatic hydroxyl groups is 2. The molecule has 0 aliphatic heterocycles. The van der Waals surface area contributed by atoms with Gasteiger partial charge in [-0.05, 0) is 39.7 Å². The van der Waals surface area contributed by atoms with E-state index in [0.29, 0.717) is 0 Å². The molecule has 0 amide bonds. The molecule has 0 spiro atoms.